The van der Waals surface area contributed by atoms with Gasteiger partial charge in [0.05, 0.1) is 6.54 Å². The molecule has 8 nitrogen and oxygen atoms in total. The van der Waals surface area contributed by atoms with Gasteiger partial charge in [-0.05, 0) is 6.42 Å². The van der Waals surface area contributed by atoms with Crippen LogP contribution in [-0.4, -0.2) is 51.5 Å². The highest BCUT2D eigenvalue weighted by atomic mass is 16.2. The molecule has 0 saturated carbocycles. The zero-order chi connectivity index (χ0) is 11.5. The number of anilines is 1. The number of aromatic amines is 1. The fourth-order valence-electron chi connectivity index (χ4n) is 1.50. The summed E-state index contributed by atoms with van der Waals surface area (Å²) in [5.74, 6) is -0.450. The fourth-order valence-corrected chi connectivity index (χ4v) is 1.50. The summed E-state index contributed by atoms with van der Waals surface area (Å²) in [4.78, 5) is 28.3. The highest BCUT2D eigenvalue weighted by molar-refractivity contribution is 5.93. The van der Waals surface area contributed by atoms with Crippen molar-refractivity contribution >= 4 is 17.8 Å². The van der Waals surface area contributed by atoms with Crippen molar-refractivity contribution in [3.05, 3.63) is 5.82 Å². The lowest BCUT2D eigenvalue weighted by molar-refractivity contribution is -0.121. The lowest BCUT2D eigenvalue weighted by atomic mass is 10.3. The molecule has 86 valence electrons. The molecule has 1 aromatic rings. The summed E-state index contributed by atoms with van der Waals surface area (Å²) in [5.41, 5.74) is 5.30. The van der Waals surface area contributed by atoms with E-state index in [4.69, 9.17) is 5.73 Å². The molecule has 1 aromatic heterocycles. The standard InChI is InChI=1S/C8H12N6O2/c9-8-11-6(12-13-8)7(16)14-3-1-2-10-5(15)4-14/h1-4H2,(H,10,15)(H3,9,11,12,13). The van der Waals surface area contributed by atoms with Crippen LogP contribution in [0.3, 0.4) is 0 Å². The number of hydrogen-bond acceptors (Lipinski definition) is 5. The number of rotatable bonds is 1. The minimum Gasteiger partial charge on any atom is -0.366 e. The number of amides is 2. The minimum atomic E-state index is -0.360. The quantitative estimate of drug-likeness (QED) is 0.528. The summed E-state index contributed by atoms with van der Waals surface area (Å²) >= 11 is 0. The van der Waals surface area contributed by atoms with E-state index in [1.807, 2.05) is 0 Å². The normalized spacial score (nSPS) is 16.8. The summed E-state index contributed by atoms with van der Waals surface area (Å²) in [7, 11) is 0. The third kappa shape index (κ3) is 2.10. The van der Waals surface area contributed by atoms with Crippen molar-refractivity contribution in [1.82, 2.24) is 25.4 Å². The van der Waals surface area contributed by atoms with Crippen LogP contribution in [0.2, 0.25) is 0 Å². The van der Waals surface area contributed by atoms with E-state index in [0.717, 1.165) is 6.42 Å². The molecule has 1 aliphatic heterocycles. The molecule has 0 spiro atoms. The average molecular weight is 224 g/mol. The minimum absolute atomic E-state index is 0.0163. The Balaban J connectivity index is 2.11. The van der Waals surface area contributed by atoms with Crippen molar-refractivity contribution in [2.45, 2.75) is 6.42 Å². The molecule has 2 amide bonds. The van der Waals surface area contributed by atoms with Crippen molar-refractivity contribution in [2.75, 3.05) is 25.4 Å². The highest BCUT2D eigenvalue weighted by Gasteiger charge is 2.23. The third-order valence-corrected chi connectivity index (χ3v) is 2.25. The van der Waals surface area contributed by atoms with Crippen LogP contribution < -0.4 is 11.1 Å². The molecule has 1 fully saturated rings. The Bertz CT molecular complexity index is 414. The van der Waals surface area contributed by atoms with Gasteiger partial charge in [-0.1, -0.05) is 0 Å². The predicted octanol–water partition coefficient (Wildman–Crippen LogP) is -1.65. The van der Waals surface area contributed by atoms with Gasteiger partial charge in [-0.25, -0.2) is 0 Å². The lowest BCUT2D eigenvalue weighted by Crippen LogP contribution is -2.37. The van der Waals surface area contributed by atoms with E-state index in [0.29, 0.717) is 13.1 Å². The molecule has 0 aliphatic carbocycles. The summed E-state index contributed by atoms with van der Waals surface area (Å²) in [6.45, 7) is 1.14. The molecular weight excluding hydrogens is 212 g/mol. The fraction of sp³-hybridized carbons (Fsp3) is 0.500. The van der Waals surface area contributed by atoms with E-state index in [9.17, 15) is 9.59 Å². The first-order valence-electron chi connectivity index (χ1n) is 4.90. The van der Waals surface area contributed by atoms with Crippen molar-refractivity contribution in [3.8, 4) is 0 Å². The molecule has 16 heavy (non-hydrogen) atoms. The number of carbonyl (C=O) groups excluding carboxylic acids is 2. The SMILES string of the molecule is Nc1n[nH]c(C(=O)N2CCCNC(=O)C2)n1. The Kier molecular flexibility index (Phi) is 2.71. The monoisotopic (exact) mass is 224 g/mol. The number of carbonyl (C=O) groups is 2. The topological polar surface area (TPSA) is 117 Å². The molecule has 0 atom stereocenters. The van der Waals surface area contributed by atoms with E-state index in [-0.39, 0.29) is 30.1 Å². The van der Waals surface area contributed by atoms with E-state index in [2.05, 4.69) is 20.5 Å². The first-order chi connectivity index (χ1) is 7.66. The van der Waals surface area contributed by atoms with Gasteiger partial charge in [-0.15, -0.1) is 5.10 Å². The van der Waals surface area contributed by atoms with Crippen LogP contribution in [0, 0.1) is 0 Å². The Labute approximate surface area is 91.2 Å². The van der Waals surface area contributed by atoms with Crippen LogP contribution in [0.25, 0.3) is 0 Å². The summed E-state index contributed by atoms with van der Waals surface area (Å²) < 4.78 is 0. The molecule has 0 unspecified atom stereocenters. The van der Waals surface area contributed by atoms with Gasteiger partial charge in [0, 0.05) is 13.1 Å². The van der Waals surface area contributed by atoms with E-state index in [1.165, 1.54) is 4.90 Å². The number of nitrogens with zero attached hydrogens (tertiary/aromatic N) is 3. The van der Waals surface area contributed by atoms with Crippen LogP contribution in [0.15, 0.2) is 0 Å². The van der Waals surface area contributed by atoms with Crippen LogP contribution in [-0.2, 0) is 4.79 Å². The average Bonchev–Trinajstić information content (AvgIpc) is 2.56. The third-order valence-electron chi connectivity index (χ3n) is 2.25. The van der Waals surface area contributed by atoms with Crippen LogP contribution in [0.5, 0.6) is 0 Å². The summed E-state index contributed by atoms with van der Waals surface area (Å²) in [6, 6.07) is 0. The lowest BCUT2D eigenvalue weighted by Gasteiger charge is -2.16. The van der Waals surface area contributed by atoms with Gasteiger partial charge in [0.1, 0.15) is 0 Å². The van der Waals surface area contributed by atoms with Crippen LogP contribution in [0.4, 0.5) is 5.95 Å². The largest absolute Gasteiger partial charge is 0.366 e. The zero-order valence-corrected chi connectivity index (χ0v) is 8.56. The predicted molar refractivity (Wildman–Crippen MR) is 54.3 cm³/mol. The second-order valence-corrected chi connectivity index (χ2v) is 3.47. The van der Waals surface area contributed by atoms with Crippen molar-refractivity contribution in [3.63, 3.8) is 0 Å². The molecule has 2 rings (SSSR count). The number of nitrogen functional groups attached to an aromatic ring is 1. The Morgan fingerprint density at radius 3 is 3.00 bits per heavy atom. The maximum absolute atomic E-state index is 11.9. The van der Waals surface area contributed by atoms with Gasteiger partial charge >= 0.3 is 0 Å². The molecule has 4 N–H and O–H groups in total. The maximum atomic E-state index is 11.9. The zero-order valence-electron chi connectivity index (χ0n) is 8.56. The molecular formula is C8H12N6O2. The number of hydrogen-bond donors (Lipinski definition) is 3. The van der Waals surface area contributed by atoms with Crippen molar-refractivity contribution in [2.24, 2.45) is 0 Å². The Morgan fingerprint density at radius 1 is 1.50 bits per heavy atom. The van der Waals surface area contributed by atoms with Gasteiger partial charge in [0.25, 0.3) is 5.91 Å². The van der Waals surface area contributed by atoms with E-state index >= 15 is 0 Å². The van der Waals surface area contributed by atoms with Gasteiger partial charge in [0.2, 0.25) is 17.7 Å². The number of nitrogens with two attached hydrogens (primary N) is 1. The van der Waals surface area contributed by atoms with Crippen LogP contribution in [0.1, 0.15) is 17.0 Å². The first kappa shape index (κ1) is 10.4. The number of H-pyrrole nitrogens is 1. The Morgan fingerprint density at radius 2 is 2.31 bits per heavy atom. The number of aromatic nitrogens is 3. The molecule has 0 radical (unpaired) electrons. The molecule has 2 heterocycles. The van der Waals surface area contributed by atoms with Gasteiger partial charge < -0.3 is 16.0 Å². The second kappa shape index (κ2) is 4.17. The van der Waals surface area contributed by atoms with E-state index in [1.54, 1.807) is 0 Å². The first-order valence-corrected chi connectivity index (χ1v) is 4.90. The van der Waals surface area contributed by atoms with Gasteiger partial charge in [-0.3, -0.25) is 14.7 Å². The maximum Gasteiger partial charge on any atom is 0.291 e. The smallest absolute Gasteiger partial charge is 0.291 e. The molecule has 8 heteroatoms. The summed E-state index contributed by atoms with van der Waals surface area (Å²) in [6.07, 6.45) is 0.723. The molecule has 0 bridgehead atoms. The number of nitrogens with one attached hydrogen (secondary N) is 2. The second-order valence-electron chi connectivity index (χ2n) is 3.47. The van der Waals surface area contributed by atoms with Crippen LogP contribution >= 0.6 is 0 Å². The Hall–Kier alpha value is -2.12. The van der Waals surface area contributed by atoms with E-state index < -0.39 is 0 Å². The summed E-state index contributed by atoms with van der Waals surface area (Å²) in [5, 5.41) is 8.68. The van der Waals surface area contributed by atoms with Gasteiger partial charge in [0.15, 0.2) is 0 Å². The van der Waals surface area contributed by atoms with Crippen molar-refractivity contribution in [1.29, 1.82) is 0 Å². The van der Waals surface area contributed by atoms with Crippen molar-refractivity contribution < 1.29 is 9.59 Å². The molecule has 1 saturated heterocycles. The highest BCUT2D eigenvalue weighted by Crippen LogP contribution is 2.03. The molecule has 1 aliphatic rings. The van der Waals surface area contributed by atoms with Gasteiger partial charge in [-0.2, -0.15) is 4.98 Å². The molecule has 0 aromatic carbocycles.